The molecule has 0 atom stereocenters. The van der Waals surface area contributed by atoms with Crippen LogP contribution in [-0.2, 0) is 0 Å². The van der Waals surface area contributed by atoms with Gasteiger partial charge in [-0.2, -0.15) is 0 Å². The number of ether oxygens (including phenoxy) is 1. The molecule has 0 saturated heterocycles. The number of para-hydroxylation sites is 1. The van der Waals surface area contributed by atoms with E-state index in [0.717, 1.165) is 41.0 Å². The van der Waals surface area contributed by atoms with Crippen molar-refractivity contribution < 1.29 is 4.74 Å². The van der Waals surface area contributed by atoms with Crippen molar-refractivity contribution in [1.82, 2.24) is 19.9 Å². The molecular weight excluding hydrogens is 314 g/mol. The Morgan fingerprint density at radius 2 is 1.80 bits per heavy atom. The van der Waals surface area contributed by atoms with Crippen LogP contribution in [0, 0.1) is 0 Å². The molecule has 4 rings (SSSR count). The lowest BCUT2D eigenvalue weighted by Crippen LogP contribution is -2.08. The summed E-state index contributed by atoms with van der Waals surface area (Å²) in [6, 6.07) is 13.7. The Labute approximate surface area is 144 Å². The standard InChI is InChI=1S/C19H17N5O/c1-4-14-5-2-9-22-18(14)16(6-1)25-13-3-10-21-17-8-7-15-19(24-17)23-12-11-20-15/h1-2,4-9,11-12H,3,10,13H2,(H,21,23,24). The van der Waals surface area contributed by atoms with Gasteiger partial charge >= 0.3 is 0 Å². The van der Waals surface area contributed by atoms with Crippen LogP contribution in [0.25, 0.3) is 22.1 Å². The topological polar surface area (TPSA) is 72.8 Å². The Kier molecular flexibility index (Phi) is 4.33. The largest absolute Gasteiger partial charge is 0.491 e. The predicted octanol–water partition coefficient (Wildman–Crippen LogP) is 3.45. The van der Waals surface area contributed by atoms with E-state index < -0.39 is 0 Å². The minimum atomic E-state index is 0.607. The molecule has 4 aromatic rings. The highest BCUT2D eigenvalue weighted by atomic mass is 16.5. The van der Waals surface area contributed by atoms with Gasteiger partial charge in [0.25, 0.3) is 0 Å². The Bertz CT molecular complexity index is 1000. The molecule has 1 N–H and O–H groups in total. The van der Waals surface area contributed by atoms with E-state index in [2.05, 4.69) is 25.3 Å². The number of fused-ring (bicyclic) bond motifs is 2. The van der Waals surface area contributed by atoms with E-state index in [9.17, 15) is 0 Å². The first-order valence-electron chi connectivity index (χ1n) is 8.18. The van der Waals surface area contributed by atoms with E-state index in [1.165, 1.54) is 0 Å². The van der Waals surface area contributed by atoms with E-state index in [-0.39, 0.29) is 0 Å². The van der Waals surface area contributed by atoms with Crippen molar-refractivity contribution in [2.24, 2.45) is 0 Å². The first kappa shape index (κ1) is 15.3. The van der Waals surface area contributed by atoms with E-state index >= 15 is 0 Å². The fraction of sp³-hybridized carbons (Fsp3) is 0.158. The summed E-state index contributed by atoms with van der Waals surface area (Å²) in [5.41, 5.74) is 2.33. The van der Waals surface area contributed by atoms with Gasteiger partial charge in [0.05, 0.1) is 6.61 Å². The van der Waals surface area contributed by atoms with Crippen molar-refractivity contribution in [2.75, 3.05) is 18.5 Å². The van der Waals surface area contributed by atoms with Gasteiger partial charge in [0.15, 0.2) is 5.65 Å². The van der Waals surface area contributed by atoms with E-state index in [1.54, 1.807) is 18.6 Å². The molecule has 0 amide bonds. The van der Waals surface area contributed by atoms with Crippen molar-refractivity contribution >= 4 is 27.9 Å². The minimum Gasteiger partial charge on any atom is -0.491 e. The maximum atomic E-state index is 5.88. The highest BCUT2D eigenvalue weighted by Gasteiger charge is 2.03. The zero-order chi connectivity index (χ0) is 16.9. The van der Waals surface area contributed by atoms with Gasteiger partial charge in [-0.15, -0.1) is 0 Å². The van der Waals surface area contributed by atoms with Gasteiger partial charge in [-0.3, -0.25) is 9.97 Å². The molecule has 0 aliphatic rings. The average Bonchev–Trinajstić information content (AvgIpc) is 2.68. The lowest BCUT2D eigenvalue weighted by Gasteiger charge is -2.09. The summed E-state index contributed by atoms with van der Waals surface area (Å²) in [6.07, 6.45) is 5.94. The van der Waals surface area contributed by atoms with Crippen LogP contribution in [0.15, 0.2) is 61.1 Å². The van der Waals surface area contributed by atoms with Crippen molar-refractivity contribution in [2.45, 2.75) is 6.42 Å². The van der Waals surface area contributed by atoms with Gasteiger partial charge < -0.3 is 10.1 Å². The molecule has 124 valence electrons. The molecule has 25 heavy (non-hydrogen) atoms. The van der Waals surface area contributed by atoms with Gasteiger partial charge in [-0.1, -0.05) is 18.2 Å². The van der Waals surface area contributed by atoms with Gasteiger partial charge in [-0.05, 0) is 30.7 Å². The number of hydrogen-bond donors (Lipinski definition) is 1. The smallest absolute Gasteiger partial charge is 0.180 e. The zero-order valence-electron chi connectivity index (χ0n) is 13.6. The van der Waals surface area contributed by atoms with Crippen LogP contribution in [0.4, 0.5) is 5.82 Å². The fourth-order valence-corrected chi connectivity index (χ4v) is 2.62. The quantitative estimate of drug-likeness (QED) is 0.546. The molecular formula is C19H17N5O. The predicted molar refractivity (Wildman–Crippen MR) is 97.7 cm³/mol. The Morgan fingerprint density at radius 3 is 2.80 bits per heavy atom. The van der Waals surface area contributed by atoms with Crippen molar-refractivity contribution in [1.29, 1.82) is 0 Å². The Hall–Kier alpha value is -3.28. The molecule has 1 aromatic carbocycles. The molecule has 0 aliphatic carbocycles. The third kappa shape index (κ3) is 3.47. The number of rotatable bonds is 6. The summed E-state index contributed by atoms with van der Waals surface area (Å²) >= 11 is 0. The molecule has 0 radical (unpaired) electrons. The summed E-state index contributed by atoms with van der Waals surface area (Å²) in [5.74, 6) is 1.61. The van der Waals surface area contributed by atoms with Crippen molar-refractivity contribution in [3.63, 3.8) is 0 Å². The minimum absolute atomic E-state index is 0.607. The molecule has 3 aromatic heterocycles. The molecule has 0 fully saturated rings. The SMILES string of the molecule is c1cnc2c(OCCCNc3ccc4nccnc4n3)cccc2c1. The highest BCUT2D eigenvalue weighted by Crippen LogP contribution is 2.22. The lowest BCUT2D eigenvalue weighted by atomic mass is 10.2. The third-order valence-electron chi connectivity index (χ3n) is 3.81. The second kappa shape index (κ2) is 7.09. The Morgan fingerprint density at radius 1 is 0.880 bits per heavy atom. The van der Waals surface area contributed by atoms with Gasteiger partial charge in [0, 0.05) is 30.5 Å². The molecule has 0 saturated carbocycles. The normalized spacial score (nSPS) is 10.9. The molecule has 6 nitrogen and oxygen atoms in total. The first-order chi connectivity index (χ1) is 12.4. The number of pyridine rings is 2. The van der Waals surface area contributed by atoms with Crippen LogP contribution in [0.5, 0.6) is 5.75 Å². The van der Waals surface area contributed by atoms with Crippen LogP contribution in [0.2, 0.25) is 0 Å². The first-order valence-corrected chi connectivity index (χ1v) is 8.18. The average molecular weight is 331 g/mol. The summed E-state index contributed by atoms with van der Waals surface area (Å²) in [4.78, 5) is 17.3. The highest BCUT2D eigenvalue weighted by molar-refractivity contribution is 5.84. The summed E-state index contributed by atoms with van der Waals surface area (Å²) in [6.45, 7) is 1.37. The molecule has 0 unspecified atom stereocenters. The van der Waals surface area contributed by atoms with Gasteiger partial charge in [-0.25, -0.2) is 9.97 Å². The monoisotopic (exact) mass is 331 g/mol. The van der Waals surface area contributed by atoms with E-state index in [4.69, 9.17) is 4.74 Å². The second-order valence-corrected chi connectivity index (χ2v) is 5.56. The summed E-state index contributed by atoms with van der Waals surface area (Å²) in [5, 5.41) is 4.37. The number of anilines is 1. The number of aromatic nitrogens is 4. The summed E-state index contributed by atoms with van der Waals surface area (Å²) in [7, 11) is 0. The molecule has 0 aliphatic heterocycles. The second-order valence-electron chi connectivity index (χ2n) is 5.56. The number of benzene rings is 1. The molecule has 0 spiro atoms. The van der Waals surface area contributed by atoms with Gasteiger partial charge in [0.1, 0.15) is 22.6 Å². The lowest BCUT2D eigenvalue weighted by molar-refractivity contribution is 0.318. The molecule has 0 bridgehead atoms. The summed E-state index contributed by atoms with van der Waals surface area (Å²) < 4.78 is 5.88. The van der Waals surface area contributed by atoms with E-state index in [1.807, 2.05) is 42.5 Å². The molecule has 6 heteroatoms. The van der Waals surface area contributed by atoms with Crippen molar-refractivity contribution in [3.8, 4) is 5.75 Å². The van der Waals surface area contributed by atoms with Crippen LogP contribution >= 0.6 is 0 Å². The maximum Gasteiger partial charge on any atom is 0.180 e. The number of hydrogen-bond acceptors (Lipinski definition) is 6. The maximum absolute atomic E-state index is 5.88. The third-order valence-corrected chi connectivity index (χ3v) is 3.81. The van der Waals surface area contributed by atoms with E-state index in [0.29, 0.717) is 12.3 Å². The van der Waals surface area contributed by atoms with Gasteiger partial charge in [0.2, 0.25) is 0 Å². The van der Waals surface area contributed by atoms with Crippen LogP contribution < -0.4 is 10.1 Å². The van der Waals surface area contributed by atoms with Crippen LogP contribution in [0.3, 0.4) is 0 Å². The fourth-order valence-electron chi connectivity index (χ4n) is 2.62. The van der Waals surface area contributed by atoms with Crippen LogP contribution in [0.1, 0.15) is 6.42 Å². The van der Waals surface area contributed by atoms with Crippen molar-refractivity contribution in [3.05, 3.63) is 61.1 Å². The Balaban J connectivity index is 1.31. The number of nitrogens with zero attached hydrogens (tertiary/aromatic N) is 4. The number of nitrogens with one attached hydrogen (secondary N) is 1. The van der Waals surface area contributed by atoms with Crippen LogP contribution in [-0.4, -0.2) is 33.1 Å². The molecule has 3 heterocycles. The zero-order valence-corrected chi connectivity index (χ0v) is 13.6.